The van der Waals surface area contributed by atoms with Gasteiger partial charge in [0.25, 0.3) is 5.91 Å². The normalized spacial score (nSPS) is 12.5. The monoisotopic (exact) mass is 256 g/mol. The van der Waals surface area contributed by atoms with Crippen molar-refractivity contribution >= 4 is 23.2 Å². The first kappa shape index (κ1) is 13.8. The van der Waals surface area contributed by atoms with Gasteiger partial charge in [0, 0.05) is 0 Å². The third-order valence-electron chi connectivity index (χ3n) is 2.59. The van der Waals surface area contributed by atoms with Gasteiger partial charge in [-0.15, -0.1) is 0 Å². The van der Waals surface area contributed by atoms with E-state index in [9.17, 15) is 4.79 Å². The number of nitrogens with two attached hydrogens (primary N) is 1. The van der Waals surface area contributed by atoms with Gasteiger partial charge in [-0.25, -0.2) is 0 Å². The van der Waals surface area contributed by atoms with Gasteiger partial charge in [-0.05, 0) is 18.1 Å². The Balaban J connectivity index is 2.86. The second-order valence-corrected chi connectivity index (χ2v) is 4.59. The number of nitrogens with one attached hydrogen (secondary N) is 1. The number of rotatable bonds is 4. The summed E-state index contributed by atoms with van der Waals surface area (Å²) < 4.78 is 0. The van der Waals surface area contributed by atoms with Crippen LogP contribution in [0.5, 0.6) is 0 Å². The minimum absolute atomic E-state index is 0.108. The van der Waals surface area contributed by atoms with Gasteiger partial charge >= 0.3 is 0 Å². The van der Waals surface area contributed by atoms with E-state index in [1.165, 1.54) is 0 Å². The molecule has 0 aromatic heterocycles. The molecule has 0 bridgehead atoms. The van der Waals surface area contributed by atoms with Crippen molar-refractivity contribution in [3.8, 4) is 0 Å². The van der Waals surface area contributed by atoms with Crippen LogP contribution in [0.1, 0.15) is 24.2 Å². The molecule has 0 aliphatic rings. The molecule has 4 nitrogen and oxygen atoms in total. The molecule has 0 radical (unpaired) electrons. The van der Waals surface area contributed by atoms with Gasteiger partial charge < -0.3 is 16.2 Å². The highest BCUT2D eigenvalue weighted by Gasteiger charge is 2.18. The van der Waals surface area contributed by atoms with E-state index in [1.54, 1.807) is 18.2 Å². The van der Waals surface area contributed by atoms with E-state index in [1.807, 2.05) is 13.8 Å². The molecule has 0 aliphatic carbocycles. The fourth-order valence-corrected chi connectivity index (χ4v) is 1.61. The zero-order chi connectivity index (χ0) is 13.0. The predicted molar refractivity (Wildman–Crippen MR) is 69.0 cm³/mol. The maximum Gasteiger partial charge on any atom is 0.253 e. The second kappa shape index (κ2) is 5.89. The molecule has 0 saturated carbocycles. The number of aliphatic hydroxyl groups excluding tert-OH is 1. The standard InChI is InChI=1S/C12H17ClN2O2/c1-7(2)10(6-16)15-12(17)8-4-3-5-9(14)11(8)13/h3-5,7,10,16H,6,14H2,1-2H3,(H,15,17)/t10-/m1/s1. The molecule has 1 atom stereocenters. The third-order valence-corrected chi connectivity index (χ3v) is 3.01. The lowest BCUT2D eigenvalue weighted by Gasteiger charge is -2.20. The molecule has 0 unspecified atom stereocenters. The molecule has 94 valence electrons. The first-order valence-electron chi connectivity index (χ1n) is 5.43. The Labute approximate surface area is 106 Å². The lowest BCUT2D eigenvalue weighted by molar-refractivity contribution is 0.0897. The Bertz CT molecular complexity index is 407. The van der Waals surface area contributed by atoms with Crippen molar-refractivity contribution < 1.29 is 9.90 Å². The number of carbonyl (C=O) groups is 1. The van der Waals surface area contributed by atoms with Crippen molar-refractivity contribution in [1.82, 2.24) is 5.32 Å². The Morgan fingerprint density at radius 2 is 2.18 bits per heavy atom. The van der Waals surface area contributed by atoms with Crippen LogP contribution in [0.3, 0.4) is 0 Å². The van der Waals surface area contributed by atoms with Crippen molar-refractivity contribution in [1.29, 1.82) is 0 Å². The van der Waals surface area contributed by atoms with Crippen LogP contribution in [0.2, 0.25) is 5.02 Å². The number of hydrogen-bond acceptors (Lipinski definition) is 3. The Morgan fingerprint density at radius 1 is 1.53 bits per heavy atom. The lowest BCUT2D eigenvalue weighted by Crippen LogP contribution is -2.41. The minimum Gasteiger partial charge on any atom is -0.398 e. The molecule has 1 aromatic rings. The number of anilines is 1. The molecule has 4 N–H and O–H groups in total. The molecular formula is C12H17ClN2O2. The molecular weight excluding hydrogens is 240 g/mol. The van der Waals surface area contributed by atoms with Crippen LogP contribution in [0, 0.1) is 5.92 Å². The fraction of sp³-hybridized carbons (Fsp3) is 0.417. The number of carbonyl (C=O) groups excluding carboxylic acids is 1. The van der Waals surface area contributed by atoms with Crippen LogP contribution < -0.4 is 11.1 Å². The van der Waals surface area contributed by atoms with Crippen molar-refractivity contribution in [2.45, 2.75) is 19.9 Å². The topological polar surface area (TPSA) is 75.3 Å². The number of amides is 1. The van der Waals surface area contributed by atoms with Crippen LogP contribution >= 0.6 is 11.6 Å². The van der Waals surface area contributed by atoms with E-state index in [-0.39, 0.29) is 29.5 Å². The van der Waals surface area contributed by atoms with Crippen molar-refractivity contribution in [3.63, 3.8) is 0 Å². The quantitative estimate of drug-likeness (QED) is 0.718. The SMILES string of the molecule is CC(C)[C@@H](CO)NC(=O)c1cccc(N)c1Cl. The summed E-state index contributed by atoms with van der Waals surface area (Å²) in [5, 5.41) is 12.1. The summed E-state index contributed by atoms with van der Waals surface area (Å²) in [6, 6.07) is 4.60. The molecule has 1 rings (SSSR count). The van der Waals surface area contributed by atoms with Gasteiger partial charge in [-0.3, -0.25) is 4.79 Å². The lowest BCUT2D eigenvalue weighted by atomic mass is 10.0. The summed E-state index contributed by atoms with van der Waals surface area (Å²) in [5.41, 5.74) is 6.31. The number of hydrogen-bond donors (Lipinski definition) is 3. The maximum absolute atomic E-state index is 11.9. The highest BCUT2D eigenvalue weighted by Crippen LogP contribution is 2.23. The molecule has 0 heterocycles. The van der Waals surface area contributed by atoms with Crippen LogP contribution in [0.4, 0.5) is 5.69 Å². The summed E-state index contributed by atoms with van der Waals surface area (Å²) in [6.45, 7) is 3.73. The number of benzene rings is 1. The average Bonchev–Trinajstić information content (AvgIpc) is 2.28. The average molecular weight is 257 g/mol. The van der Waals surface area contributed by atoms with Crippen LogP contribution in [0.25, 0.3) is 0 Å². The summed E-state index contributed by atoms with van der Waals surface area (Å²) in [5.74, 6) is -0.182. The maximum atomic E-state index is 11.9. The van der Waals surface area contributed by atoms with E-state index in [2.05, 4.69) is 5.32 Å². The van der Waals surface area contributed by atoms with Gasteiger partial charge in [-0.1, -0.05) is 31.5 Å². The van der Waals surface area contributed by atoms with Gasteiger partial charge in [0.1, 0.15) is 0 Å². The summed E-state index contributed by atoms with van der Waals surface area (Å²) in [7, 11) is 0. The largest absolute Gasteiger partial charge is 0.398 e. The van der Waals surface area contributed by atoms with Gasteiger partial charge in [0.05, 0.1) is 28.9 Å². The van der Waals surface area contributed by atoms with Crippen LogP contribution in [-0.2, 0) is 0 Å². The molecule has 17 heavy (non-hydrogen) atoms. The Hall–Kier alpha value is -1.26. The van der Waals surface area contributed by atoms with Crippen molar-refractivity contribution in [2.75, 3.05) is 12.3 Å². The fourth-order valence-electron chi connectivity index (χ4n) is 1.39. The van der Waals surface area contributed by atoms with E-state index < -0.39 is 0 Å². The van der Waals surface area contributed by atoms with E-state index in [0.717, 1.165) is 0 Å². The van der Waals surface area contributed by atoms with Crippen LogP contribution in [-0.4, -0.2) is 23.7 Å². The zero-order valence-corrected chi connectivity index (χ0v) is 10.7. The molecule has 0 spiro atoms. The highest BCUT2D eigenvalue weighted by atomic mass is 35.5. The van der Waals surface area contributed by atoms with Gasteiger partial charge in [-0.2, -0.15) is 0 Å². The second-order valence-electron chi connectivity index (χ2n) is 4.22. The first-order valence-corrected chi connectivity index (χ1v) is 5.80. The van der Waals surface area contributed by atoms with Crippen LogP contribution in [0.15, 0.2) is 18.2 Å². The molecule has 0 fully saturated rings. The van der Waals surface area contributed by atoms with Crippen molar-refractivity contribution in [2.24, 2.45) is 5.92 Å². The summed E-state index contributed by atoms with van der Waals surface area (Å²) >= 11 is 5.95. The van der Waals surface area contributed by atoms with Gasteiger partial charge in [0.15, 0.2) is 0 Å². The first-order chi connectivity index (χ1) is 7.97. The molecule has 0 aliphatic heterocycles. The molecule has 1 amide bonds. The number of halogens is 1. The number of nitrogen functional groups attached to an aromatic ring is 1. The summed E-state index contributed by atoms with van der Waals surface area (Å²) in [4.78, 5) is 11.9. The smallest absolute Gasteiger partial charge is 0.253 e. The van der Waals surface area contributed by atoms with Gasteiger partial charge in [0.2, 0.25) is 0 Å². The Morgan fingerprint density at radius 3 is 2.71 bits per heavy atom. The summed E-state index contributed by atoms with van der Waals surface area (Å²) in [6.07, 6.45) is 0. The van der Waals surface area contributed by atoms with E-state index in [0.29, 0.717) is 11.3 Å². The molecule has 1 aromatic carbocycles. The highest BCUT2D eigenvalue weighted by molar-refractivity contribution is 6.36. The molecule has 0 saturated heterocycles. The third kappa shape index (κ3) is 3.35. The molecule has 5 heteroatoms. The van der Waals surface area contributed by atoms with E-state index >= 15 is 0 Å². The Kier molecular flexibility index (Phi) is 4.78. The predicted octanol–water partition coefficient (Wildman–Crippen LogP) is 1.67. The number of aliphatic hydroxyl groups is 1. The van der Waals surface area contributed by atoms with Crippen molar-refractivity contribution in [3.05, 3.63) is 28.8 Å². The zero-order valence-electron chi connectivity index (χ0n) is 9.90. The minimum atomic E-state index is -0.324. The van der Waals surface area contributed by atoms with E-state index in [4.69, 9.17) is 22.4 Å².